The fraction of sp³-hybridized carbons (Fsp3) is 0.556. The first-order valence-electron chi connectivity index (χ1n) is 3.52. The largest absolute Gasteiger partial charge is 0.513 e. The van der Waals surface area contributed by atoms with E-state index in [4.69, 9.17) is 5.11 Å². The van der Waals surface area contributed by atoms with Crippen molar-refractivity contribution in [2.45, 2.75) is 34.1 Å². The molecule has 0 unspecified atom stereocenters. The monoisotopic (exact) mass is 140 g/mol. The summed E-state index contributed by atoms with van der Waals surface area (Å²) in [5.41, 5.74) is 2.34. The Morgan fingerprint density at radius 2 is 1.70 bits per heavy atom. The summed E-state index contributed by atoms with van der Waals surface area (Å²) in [5, 5.41) is 8.98. The highest BCUT2D eigenvalue weighted by Crippen LogP contribution is 2.07. The highest BCUT2D eigenvalue weighted by Gasteiger charge is 1.90. The summed E-state index contributed by atoms with van der Waals surface area (Å²) < 4.78 is 0. The van der Waals surface area contributed by atoms with Crippen LogP contribution in [0.25, 0.3) is 0 Å². The minimum Gasteiger partial charge on any atom is -0.513 e. The topological polar surface area (TPSA) is 20.2 Å². The Morgan fingerprint density at radius 1 is 1.20 bits per heavy atom. The van der Waals surface area contributed by atoms with Gasteiger partial charge < -0.3 is 5.11 Å². The van der Waals surface area contributed by atoms with E-state index in [1.807, 2.05) is 6.92 Å². The molecule has 10 heavy (non-hydrogen) atoms. The average molecular weight is 140 g/mol. The van der Waals surface area contributed by atoms with Gasteiger partial charge >= 0.3 is 0 Å². The van der Waals surface area contributed by atoms with Crippen molar-refractivity contribution in [3.8, 4) is 0 Å². The molecule has 0 heterocycles. The van der Waals surface area contributed by atoms with E-state index in [9.17, 15) is 0 Å². The van der Waals surface area contributed by atoms with Gasteiger partial charge in [0.2, 0.25) is 0 Å². The molecule has 0 aliphatic carbocycles. The molecule has 1 heteroatoms. The maximum Gasteiger partial charge on any atom is 0.0884 e. The van der Waals surface area contributed by atoms with Crippen molar-refractivity contribution in [3.63, 3.8) is 0 Å². The molecular formula is C9H16O. The Balaban J connectivity index is 3.94. The zero-order valence-electron chi connectivity index (χ0n) is 7.23. The van der Waals surface area contributed by atoms with Crippen LogP contribution in [0.5, 0.6) is 0 Å². The summed E-state index contributed by atoms with van der Waals surface area (Å²) >= 11 is 0. The number of rotatable bonds is 2. The van der Waals surface area contributed by atoms with Crippen LogP contribution in [-0.2, 0) is 0 Å². The molecule has 0 aromatic rings. The molecule has 1 N–H and O–H groups in total. The molecule has 0 saturated carbocycles. The lowest BCUT2D eigenvalue weighted by atomic mass is 10.1. The summed E-state index contributed by atoms with van der Waals surface area (Å²) in [6.45, 7) is 7.77. The molecule has 0 bridgehead atoms. The summed E-state index contributed by atoms with van der Waals surface area (Å²) in [5.74, 6) is 0.442. The fourth-order valence-electron chi connectivity index (χ4n) is 0.505. The van der Waals surface area contributed by atoms with Gasteiger partial charge in [-0.2, -0.15) is 0 Å². The predicted molar refractivity (Wildman–Crippen MR) is 45.1 cm³/mol. The fourth-order valence-corrected chi connectivity index (χ4v) is 0.505. The van der Waals surface area contributed by atoms with E-state index in [0.29, 0.717) is 5.76 Å². The molecule has 0 amide bonds. The third-order valence-corrected chi connectivity index (χ3v) is 1.43. The van der Waals surface area contributed by atoms with Crippen LogP contribution in [0.2, 0.25) is 0 Å². The maximum atomic E-state index is 8.98. The van der Waals surface area contributed by atoms with E-state index in [2.05, 4.69) is 19.9 Å². The molecule has 0 spiro atoms. The summed E-state index contributed by atoms with van der Waals surface area (Å²) in [7, 11) is 0. The molecule has 0 rings (SSSR count). The lowest BCUT2D eigenvalue weighted by molar-refractivity contribution is 0.406. The molecule has 0 aromatic carbocycles. The molecule has 0 radical (unpaired) electrons. The molecule has 0 aromatic heterocycles. The highest BCUT2D eigenvalue weighted by atomic mass is 16.3. The van der Waals surface area contributed by atoms with Crippen LogP contribution in [0.3, 0.4) is 0 Å². The van der Waals surface area contributed by atoms with Gasteiger partial charge in [-0.05, 0) is 39.7 Å². The van der Waals surface area contributed by atoms with Crippen molar-refractivity contribution in [3.05, 3.63) is 23.0 Å². The van der Waals surface area contributed by atoms with Crippen molar-refractivity contribution in [2.24, 2.45) is 0 Å². The molecule has 0 aliphatic heterocycles. The van der Waals surface area contributed by atoms with Gasteiger partial charge in [-0.3, -0.25) is 0 Å². The van der Waals surface area contributed by atoms with Gasteiger partial charge in [0.25, 0.3) is 0 Å². The third-order valence-electron chi connectivity index (χ3n) is 1.43. The second kappa shape index (κ2) is 4.15. The lowest BCUT2D eigenvalue weighted by Crippen LogP contribution is -1.80. The zero-order valence-corrected chi connectivity index (χ0v) is 7.23. The second-order valence-electron chi connectivity index (χ2n) is 2.85. The first-order valence-corrected chi connectivity index (χ1v) is 3.52. The van der Waals surface area contributed by atoms with Gasteiger partial charge in [0.1, 0.15) is 0 Å². The van der Waals surface area contributed by atoms with Crippen LogP contribution >= 0.6 is 0 Å². The van der Waals surface area contributed by atoms with Gasteiger partial charge in [0, 0.05) is 0 Å². The Hall–Kier alpha value is -0.720. The number of allylic oxidation sites excluding steroid dienone is 4. The zero-order chi connectivity index (χ0) is 8.15. The van der Waals surface area contributed by atoms with E-state index in [-0.39, 0.29) is 0 Å². The average Bonchev–Trinajstić information content (AvgIpc) is 1.82. The Morgan fingerprint density at radius 3 is 2.00 bits per heavy atom. The van der Waals surface area contributed by atoms with E-state index in [0.717, 1.165) is 12.0 Å². The Labute approximate surface area is 63.1 Å². The number of aliphatic hydroxyl groups is 1. The van der Waals surface area contributed by atoms with E-state index >= 15 is 0 Å². The molecule has 0 aliphatic rings. The molecule has 0 saturated heterocycles. The predicted octanol–water partition coefficient (Wildman–Crippen LogP) is 3.19. The van der Waals surface area contributed by atoms with E-state index in [1.165, 1.54) is 5.57 Å². The van der Waals surface area contributed by atoms with E-state index in [1.54, 1.807) is 6.92 Å². The van der Waals surface area contributed by atoms with Gasteiger partial charge in [-0.1, -0.05) is 11.6 Å². The van der Waals surface area contributed by atoms with Crippen LogP contribution in [-0.4, -0.2) is 5.11 Å². The van der Waals surface area contributed by atoms with Gasteiger partial charge in [0.05, 0.1) is 5.76 Å². The van der Waals surface area contributed by atoms with Crippen molar-refractivity contribution in [1.82, 2.24) is 0 Å². The van der Waals surface area contributed by atoms with Gasteiger partial charge in [-0.25, -0.2) is 0 Å². The highest BCUT2D eigenvalue weighted by molar-refractivity contribution is 5.09. The van der Waals surface area contributed by atoms with Crippen LogP contribution in [0.4, 0.5) is 0 Å². The molecular weight excluding hydrogens is 124 g/mol. The normalized spacial score (nSPS) is 12.4. The first-order chi connectivity index (χ1) is 4.54. The lowest BCUT2D eigenvalue weighted by Gasteiger charge is -1.97. The third kappa shape index (κ3) is 4.19. The second-order valence-corrected chi connectivity index (χ2v) is 2.85. The smallest absolute Gasteiger partial charge is 0.0884 e. The molecule has 0 atom stereocenters. The van der Waals surface area contributed by atoms with Gasteiger partial charge in [0.15, 0.2) is 0 Å². The molecule has 1 nitrogen and oxygen atoms in total. The van der Waals surface area contributed by atoms with E-state index < -0.39 is 0 Å². The summed E-state index contributed by atoms with van der Waals surface area (Å²) in [6.07, 6.45) is 2.97. The van der Waals surface area contributed by atoms with Crippen molar-refractivity contribution in [1.29, 1.82) is 0 Å². The van der Waals surface area contributed by atoms with Crippen LogP contribution in [0, 0.1) is 0 Å². The number of hydrogen-bond donors (Lipinski definition) is 1. The van der Waals surface area contributed by atoms with Crippen molar-refractivity contribution >= 4 is 0 Å². The van der Waals surface area contributed by atoms with Crippen molar-refractivity contribution < 1.29 is 5.11 Å². The van der Waals surface area contributed by atoms with Crippen molar-refractivity contribution in [2.75, 3.05) is 0 Å². The summed E-state index contributed by atoms with van der Waals surface area (Å²) in [6, 6.07) is 0. The molecule has 58 valence electrons. The number of aliphatic hydroxyl groups excluding tert-OH is 1. The minimum atomic E-state index is 0.442. The molecule has 0 fully saturated rings. The number of hydrogen-bond acceptors (Lipinski definition) is 1. The minimum absolute atomic E-state index is 0.442. The Kier molecular flexibility index (Phi) is 3.85. The standard InChI is InChI=1S/C9H16O/c1-7(2)5-6-8(3)9(4)10/h5,10H,6H2,1-4H3/b9-8+. The Bertz CT molecular complexity index is 156. The quantitative estimate of drug-likeness (QED) is 0.461. The van der Waals surface area contributed by atoms with Gasteiger partial charge in [-0.15, -0.1) is 0 Å². The first kappa shape index (κ1) is 9.28. The SMILES string of the molecule is CC(C)=CC/C(C)=C(\C)O. The van der Waals surface area contributed by atoms with Crippen LogP contribution in [0.15, 0.2) is 23.0 Å². The van der Waals surface area contributed by atoms with Crippen LogP contribution < -0.4 is 0 Å². The maximum absolute atomic E-state index is 8.98. The summed E-state index contributed by atoms with van der Waals surface area (Å²) in [4.78, 5) is 0. The van der Waals surface area contributed by atoms with Crippen LogP contribution in [0.1, 0.15) is 34.1 Å².